The van der Waals surface area contributed by atoms with Gasteiger partial charge in [-0.05, 0) is 49.9 Å². The number of hydrogen-bond acceptors (Lipinski definition) is 4. The second-order valence-corrected chi connectivity index (χ2v) is 9.42. The zero-order valence-corrected chi connectivity index (χ0v) is 19.6. The summed E-state index contributed by atoms with van der Waals surface area (Å²) in [4.78, 5) is 19.8. The van der Waals surface area contributed by atoms with Gasteiger partial charge in [-0.15, -0.1) is 0 Å². The maximum atomic E-state index is 14.4. The molecule has 0 N–H and O–H groups in total. The largest absolute Gasteiger partial charge is 0.435 e. The molecule has 36 heavy (non-hydrogen) atoms. The topological polar surface area (TPSA) is 68.8 Å². The van der Waals surface area contributed by atoms with E-state index < -0.39 is 17.7 Å². The van der Waals surface area contributed by atoms with Crippen LogP contribution in [-0.4, -0.2) is 41.4 Å². The van der Waals surface area contributed by atoms with Crippen molar-refractivity contribution in [3.05, 3.63) is 64.9 Å². The number of carbonyl (C=O) groups is 1. The van der Waals surface area contributed by atoms with Crippen LogP contribution in [0.2, 0.25) is 0 Å². The molecule has 1 fully saturated rings. The molecular formula is C25H22F4N6O. The maximum absolute atomic E-state index is 14.4. The molecule has 4 aromatic rings. The lowest BCUT2D eigenvalue weighted by molar-refractivity contribution is -0.141. The summed E-state index contributed by atoms with van der Waals surface area (Å²) in [6.45, 7) is 0. The summed E-state index contributed by atoms with van der Waals surface area (Å²) in [5, 5.41) is 8.62. The number of aryl methyl sites for hydroxylation is 2. The van der Waals surface area contributed by atoms with E-state index in [1.54, 1.807) is 28.8 Å². The number of halogens is 4. The number of carbonyl (C=O) groups excluding carboxylic acids is 1. The van der Waals surface area contributed by atoms with E-state index in [2.05, 4.69) is 15.2 Å². The van der Waals surface area contributed by atoms with Crippen LogP contribution in [-0.2, 0) is 26.7 Å². The van der Waals surface area contributed by atoms with E-state index in [4.69, 9.17) is 0 Å². The van der Waals surface area contributed by atoms with Crippen molar-refractivity contribution >= 4 is 16.8 Å². The predicted molar refractivity (Wildman–Crippen MR) is 122 cm³/mol. The Bertz CT molecular complexity index is 1520. The van der Waals surface area contributed by atoms with Crippen LogP contribution < -0.4 is 0 Å². The van der Waals surface area contributed by atoms with Crippen LogP contribution >= 0.6 is 0 Å². The van der Waals surface area contributed by atoms with E-state index in [1.807, 2.05) is 0 Å². The average Bonchev–Trinajstić information content (AvgIpc) is 3.37. The molecule has 5 heterocycles. The van der Waals surface area contributed by atoms with Gasteiger partial charge in [-0.2, -0.15) is 23.4 Å². The number of rotatable bonds is 2. The first-order valence-electron chi connectivity index (χ1n) is 11.7. The smallest absolute Gasteiger partial charge is 0.327 e. The van der Waals surface area contributed by atoms with Crippen molar-refractivity contribution in [3.8, 4) is 11.4 Å². The fourth-order valence-electron chi connectivity index (χ4n) is 5.68. The molecule has 2 aliphatic heterocycles. The highest BCUT2D eigenvalue weighted by Crippen LogP contribution is 2.45. The number of piperidine rings is 1. The van der Waals surface area contributed by atoms with Crippen molar-refractivity contribution < 1.29 is 22.4 Å². The van der Waals surface area contributed by atoms with E-state index in [1.165, 1.54) is 30.1 Å². The summed E-state index contributed by atoms with van der Waals surface area (Å²) in [6, 6.07) is 6.68. The zero-order chi connectivity index (χ0) is 25.4. The zero-order valence-electron chi connectivity index (χ0n) is 19.6. The van der Waals surface area contributed by atoms with Gasteiger partial charge in [-0.1, -0.05) is 6.07 Å². The number of aromatic nitrogens is 5. The standard InChI is InChI=1S/C25H22F4N6O/c1-33-20(11-21(31-33)25(27,28)29)23-16-10-14-5-3-8-19(22(16)32-34(23)2)35(14)24(36)13-9-15-17(26)6-4-7-18(15)30-12-13/h4,6-7,9,11-12,14,19H,3,5,8,10H2,1-2H3. The summed E-state index contributed by atoms with van der Waals surface area (Å²) in [7, 11) is 3.18. The highest BCUT2D eigenvalue weighted by Gasteiger charge is 2.44. The van der Waals surface area contributed by atoms with Gasteiger partial charge in [0.05, 0.1) is 34.2 Å². The lowest BCUT2D eigenvalue weighted by Crippen LogP contribution is -2.49. The molecule has 3 aromatic heterocycles. The molecule has 2 aliphatic rings. The number of alkyl halides is 3. The number of nitrogens with zero attached hydrogens (tertiary/aromatic N) is 6. The van der Waals surface area contributed by atoms with Crippen LogP contribution in [0.25, 0.3) is 22.3 Å². The van der Waals surface area contributed by atoms with Crippen molar-refractivity contribution in [2.45, 2.75) is 43.9 Å². The van der Waals surface area contributed by atoms with Gasteiger partial charge in [0.15, 0.2) is 5.69 Å². The number of pyridine rings is 1. The van der Waals surface area contributed by atoms with E-state index in [0.717, 1.165) is 24.5 Å². The molecule has 2 unspecified atom stereocenters. The van der Waals surface area contributed by atoms with Gasteiger partial charge in [0, 0.05) is 37.3 Å². The average molecular weight is 498 g/mol. The van der Waals surface area contributed by atoms with Crippen molar-refractivity contribution in [2.75, 3.05) is 0 Å². The van der Waals surface area contributed by atoms with Gasteiger partial charge in [0.2, 0.25) is 0 Å². The van der Waals surface area contributed by atoms with E-state index in [0.29, 0.717) is 41.0 Å². The van der Waals surface area contributed by atoms with E-state index >= 15 is 0 Å². The number of benzene rings is 1. The Morgan fingerprint density at radius 3 is 2.64 bits per heavy atom. The van der Waals surface area contributed by atoms with Crippen LogP contribution in [0.4, 0.5) is 17.6 Å². The molecule has 1 saturated heterocycles. The van der Waals surface area contributed by atoms with Crippen LogP contribution in [0.15, 0.2) is 36.5 Å². The first kappa shape index (κ1) is 22.7. The third-order valence-corrected chi connectivity index (χ3v) is 7.24. The molecule has 0 saturated carbocycles. The minimum Gasteiger partial charge on any atom is -0.327 e. The molecular weight excluding hydrogens is 476 g/mol. The monoisotopic (exact) mass is 498 g/mol. The molecule has 1 aromatic carbocycles. The maximum Gasteiger partial charge on any atom is 0.435 e. The van der Waals surface area contributed by atoms with Crippen molar-refractivity contribution in [2.24, 2.45) is 14.1 Å². The van der Waals surface area contributed by atoms with Crippen LogP contribution in [0.3, 0.4) is 0 Å². The molecule has 7 nitrogen and oxygen atoms in total. The summed E-state index contributed by atoms with van der Waals surface area (Å²) in [5.74, 6) is -0.695. The normalized spacial score (nSPS) is 19.6. The fraction of sp³-hybridized carbons (Fsp3) is 0.360. The molecule has 0 radical (unpaired) electrons. The summed E-state index contributed by atoms with van der Waals surface area (Å²) in [5.41, 5.74) is 2.24. The lowest BCUT2D eigenvalue weighted by Gasteiger charge is -2.45. The Kier molecular flexibility index (Phi) is 4.96. The quantitative estimate of drug-likeness (QED) is 0.372. The number of amides is 1. The first-order chi connectivity index (χ1) is 17.1. The SMILES string of the molecule is Cn1nc(C(F)(F)F)cc1-c1c2c(nn1C)C1CCCC(C2)N1C(=O)c1cnc2cccc(F)c2c1. The van der Waals surface area contributed by atoms with Crippen LogP contribution in [0.5, 0.6) is 0 Å². The van der Waals surface area contributed by atoms with Crippen molar-refractivity contribution in [1.29, 1.82) is 0 Å². The third kappa shape index (κ3) is 3.40. The lowest BCUT2D eigenvalue weighted by atomic mass is 9.81. The molecule has 2 bridgehead atoms. The Balaban J connectivity index is 1.42. The molecule has 11 heteroatoms. The molecule has 0 spiro atoms. The summed E-state index contributed by atoms with van der Waals surface area (Å²) < 4.78 is 57.1. The van der Waals surface area contributed by atoms with Gasteiger partial charge < -0.3 is 4.90 Å². The Morgan fingerprint density at radius 1 is 1.08 bits per heavy atom. The molecule has 6 rings (SSSR count). The van der Waals surface area contributed by atoms with E-state index in [-0.39, 0.29) is 23.4 Å². The summed E-state index contributed by atoms with van der Waals surface area (Å²) in [6.07, 6.45) is -0.290. The highest BCUT2D eigenvalue weighted by atomic mass is 19.4. The number of fused-ring (bicyclic) bond motifs is 5. The van der Waals surface area contributed by atoms with Gasteiger partial charge in [-0.25, -0.2) is 4.39 Å². The van der Waals surface area contributed by atoms with Gasteiger partial charge in [-0.3, -0.25) is 19.1 Å². The van der Waals surface area contributed by atoms with Crippen molar-refractivity contribution in [3.63, 3.8) is 0 Å². The molecule has 186 valence electrons. The Labute approximate surface area is 203 Å². The van der Waals surface area contributed by atoms with Crippen LogP contribution in [0.1, 0.15) is 52.6 Å². The third-order valence-electron chi connectivity index (χ3n) is 7.24. The fourth-order valence-corrected chi connectivity index (χ4v) is 5.68. The second kappa shape index (κ2) is 7.87. The van der Waals surface area contributed by atoms with Gasteiger partial charge in [0.25, 0.3) is 5.91 Å². The number of hydrogen-bond donors (Lipinski definition) is 0. The van der Waals surface area contributed by atoms with Crippen LogP contribution in [0, 0.1) is 5.82 Å². The van der Waals surface area contributed by atoms with Gasteiger partial charge in [0.1, 0.15) is 5.82 Å². The molecule has 1 amide bonds. The molecule has 0 aliphatic carbocycles. The van der Waals surface area contributed by atoms with E-state index in [9.17, 15) is 22.4 Å². The predicted octanol–water partition coefficient (Wildman–Crippen LogP) is 4.82. The summed E-state index contributed by atoms with van der Waals surface area (Å²) >= 11 is 0. The second-order valence-electron chi connectivity index (χ2n) is 9.42. The highest BCUT2D eigenvalue weighted by molar-refractivity contribution is 5.98. The Morgan fingerprint density at radius 2 is 1.89 bits per heavy atom. The minimum atomic E-state index is -4.55. The first-order valence-corrected chi connectivity index (χ1v) is 11.7. The Hall–Kier alpha value is -3.76. The molecule has 2 atom stereocenters. The minimum absolute atomic E-state index is 0.154. The van der Waals surface area contributed by atoms with Crippen molar-refractivity contribution in [1.82, 2.24) is 29.4 Å². The van der Waals surface area contributed by atoms with Gasteiger partial charge >= 0.3 is 6.18 Å².